The van der Waals surface area contributed by atoms with Gasteiger partial charge in [-0.2, -0.15) is 0 Å². The van der Waals surface area contributed by atoms with Gasteiger partial charge >= 0.3 is 0 Å². The Balaban J connectivity index is 2.02. The minimum Gasteiger partial charge on any atom is -0.324 e. The van der Waals surface area contributed by atoms with Gasteiger partial charge in [-0.1, -0.05) is 26.0 Å². The van der Waals surface area contributed by atoms with Crippen LogP contribution >= 0.6 is 0 Å². The van der Waals surface area contributed by atoms with Crippen LogP contribution in [0.4, 0.5) is 5.69 Å². The number of hydrogen-bond acceptors (Lipinski definition) is 3. The number of benzene rings is 1. The van der Waals surface area contributed by atoms with Gasteiger partial charge in [-0.05, 0) is 37.5 Å². The van der Waals surface area contributed by atoms with Gasteiger partial charge in [0.15, 0.2) is 0 Å². The molecule has 4 heteroatoms. The highest BCUT2D eigenvalue weighted by Crippen LogP contribution is 2.20. The summed E-state index contributed by atoms with van der Waals surface area (Å²) in [6.45, 7) is 12.0. The molecule has 0 bridgehead atoms. The average molecular weight is 289 g/mol. The highest BCUT2D eigenvalue weighted by Gasteiger charge is 2.35. The molecule has 116 valence electrons. The Bertz CT molecular complexity index is 473. The molecule has 0 spiro atoms. The van der Waals surface area contributed by atoms with E-state index in [4.69, 9.17) is 0 Å². The number of carbonyl (C=O) groups excluding carboxylic acids is 1. The van der Waals surface area contributed by atoms with Crippen molar-refractivity contribution in [3.8, 4) is 0 Å². The van der Waals surface area contributed by atoms with Crippen LogP contribution in [0.15, 0.2) is 24.3 Å². The standard InChI is InChI=1S/C17H27N3O/c1-13(2)14-5-7-15(8-6-14)19-16(21)17(3,4)20-11-9-18-10-12-20/h5-8,13,18H,9-12H2,1-4H3,(H,19,21). The minimum absolute atomic E-state index is 0.0571. The summed E-state index contributed by atoms with van der Waals surface area (Å²) in [5, 5.41) is 6.36. The molecule has 1 aromatic carbocycles. The van der Waals surface area contributed by atoms with E-state index in [2.05, 4.69) is 41.5 Å². The second kappa shape index (κ2) is 6.58. The van der Waals surface area contributed by atoms with Gasteiger partial charge < -0.3 is 10.6 Å². The molecule has 0 aromatic heterocycles. The van der Waals surface area contributed by atoms with Crippen molar-refractivity contribution in [3.05, 3.63) is 29.8 Å². The van der Waals surface area contributed by atoms with Gasteiger partial charge in [0.1, 0.15) is 0 Å². The van der Waals surface area contributed by atoms with Crippen LogP contribution in [0, 0.1) is 0 Å². The molecule has 1 fully saturated rings. The van der Waals surface area contributed by atoms with Crippen molar-refractivity contribution in [2.75, 3.05) is 31.5 Å². The number of piperazine rings is 1. The van der Waals surface area contributed by atoms with Gasteiger partial charge in [0.2, 0.25) is 5.91 Å². The molecule has 0 aliphatic carbocycles. The van der Waals surface area contributed by atoms with Gasteiger partial charge in [0.25, 0.3) is 0 Å². The highest BCUT2D eigenvalue weighted by molar-refractivity contribution is 5.97. The lowest BCUT2D eigenvalue weighted by Gasteiger charge is -2.39. The first-order valence-corrected chi connectivity index (χ1v) is 7.78. The van der Waals surface area contributed by atoms with Crippen molar-refractivity contribution < 1.29 is 4.79 Å². The Hall–Kier alpha value is -1.39. The van der Waals surface area contributed by atoms with E-state index in [0.717, 1.165) is 31.9 Å². The fourth-order valence-electron chi connectivity index (χ4n) is 2.60. The van der Waals surface area contributed by atoms with E-state index in [1.54, 1.807) is 0 Å². The van der Waals surface area contributed by atoms with Gasteiger partial charge in [-0.3, -0.25) is 9.69 Å². The molecular weight excluding hydrogens is 262 g/mol. The molecule has 1 saturated heterocycles. The largest absolute Gasteiger partial charge is 0.324 e. The lowest BCUT2D eigenvalue weighted by molar-refractivity contribution is -0.126. The maximum atomic E-state index is 12.6. The van der Waals surface area contributed by atoms with E-state index < -0.39 is 5.54 Å². The van der Waals surface area contributed by atoms with Crippen molar-refractivity contribution in [2.45, 2.75) is 39.2 Å². The molecule has 4 nitrogen and oxygen atoms in total. The molecular formula is C17H27N3O. The molecule has 0 saturated carbocycles. The second-order valence-corrected chi connectivity index (χ2v) is 6.53. The molecule has 1 aliphatic rings. The molecule has 0 unspecified atom stereocenters. The van der Waals surface area contributed by atoms with E-state index in [0.29, 0.717) is 5.92 Å². The highest BCUT2D eigenvalue weighted by atomic mass is 16.2. The molecule has 1 aromatic rings. The number of nitrogens with one attached hydrogen (secondary N) is 2. The molecule has 21 heavy (non-hydrogen) atoms. The minimum atomic E-state index is -0.487. The predicted octanol–water partition coefficient (Wildman–Crippen LogP) is 2.43. The van der Waals surface area contributed by atoms with Gasteiger partial charge in [-0.15, -0.1) is 0 Å². The van der Waals surface area contributed by atoms with E-state index in [-0.39, 0.29) is 5.91 Å². The van der Waals surface area contributed by atoms with E-state index in [9.17, 15) is 4.79 Å². The normalized spacial score (nSPS) is 17.0. The first-order valence-electron chi connectivity index (χ1n) is 7.78. The number of anilines is 1. The third-order valence-corrected chi connectivity index (χ3v) is 4.30. The molecule has 1 aliphatic heterocycles. The topological polar surface area (TPSA) is 44.4 Å². The SMILES string of the molecule is CC(C)c1ccc(NC(=O)C(C)(C)N2CCNCC2)cc1. The maximum absolute atomic E-state index is 12.6. The average Bonchev–Trinajstić information content (AvgIpc) is 2.48. The number of hydrogen-bond donors (Lipinski definition) is 2. The van der Waals surface area contributed by atoms with Gasteiger partial charge in [-0.25, -0.2) is 0 Å². The third-order valence-electron chi connectivity index (χ3n) is 4.30. The lowest BCUT2D eigenvalue weighted by Crippen LogP contribution is -2.58. The fraction of sp³-hybridized carbons (Fsp3) is 0.588. The molecule has 2 rings (SSSR count). The van der Waals surface area contributed by atoms with Crippen LogP contribution in [0.3, 0.4) is 0 Å². The molecule has 0 atom stereocenters. The fourth-order valence-corrected chi connectivity index (χ4v) is 2.60. The van der Waals surface area contributed by atoms with Crippen molar-refractivity contribution in [2.24, 2.45) is 0 Å². The van der Waals surface area contributed by atoms with Gasteiger partial charge in [0.05, 0.1) is 5.54 Å². The van der Waals surface area contributed by atoms with Crippen LogP contribution in [0.2, 0.25) is 0 Å². The van der Waals surface area contributed by atoms with Crippen molar-refractivity contribution in [3.63, 3.8) is 0 Å². The summed E-state index contributed by atoms with van der Waals surface area (Å²) < 4.78 is 0. The van der Waals surface area contributed by atoms with Crippen molar-refractivity contribution in [1.29, 1.82) is 0 Å². The first kappa shape index (κ1) is 16.0. The maximum Gasteiger partial charge on any atom is 0.244 e. The van der Waals surface area contributed by atoms with Crippen LogP contribution in [-0.2, 0) is 4.79 Å². The number of rotatable bonds is 4. The summed E-state index contributed by atoms with van der Waals surface area (Å²) in [6, 6.07) is 8.14. The van der Waals surface area contributed by atoms with Crippen LogP contribution in [0.25, 0.3) is 0 Å². The second-order valence-electron chi connectivity index (χ2n) is 6.53. The van der Waals surface area contributed by atoms with Gasteiger partial charge in [0, 0.05) is 31.9 Å². The van der Waals surface area contributed by atoms with E-state index in [1.165, 1.54) is 5.56 Å². The Morgan fingerprint density at radius 1 is 1.19 bits per heavy atom. The number of nitrogens with zero attached hydrogens (tertiary/aromatic N) is 1. The van der Waals surface area contributed by atoms with Crippen molar-refractivity contribution in [1.82, 2.24) is 10.2 Å². The molecule has 0 radical (unpaired) electrons. The van der Waals surface area contributed by atoms with Crippen LogP contribution in [0.1, 0.15) is 39.2 Å². The summed E-state index contributed by atoms with van der Waals surface area (Å²) in [6.07, 6.45) is 0. The summed E-state index contributed by atoms with van der Waals surface area (Å²) in [5.74, 6) is 0.564. The molecule has 1 heterocycles. The monoisotopic (exact) mass is 289 g/mol. The van der Waals surface area contributed by atoms with E-state index >= 15 is 0 Å². The van der Waals surface area contributed by atoms with Crippen LogP contribution in [0.5, 0.6) is 0 Å². The lowest BCUT2D eigenvalue weighted by atomic mass is 9.99. The summed E-state index contributed by atoms with van der Waals surface area (Å²) in [4.78, 5) is 14.8. The smallest absolute Gasteiger partial charge is 0.244 e. The summed E-state index contributed by atoms with van der Waals surface area (Å²) in [7, 11) is 0. The number of amides is 1. The Morgan fingerprint density at radius 2 is 1.76 bits per heavy atom. The van der Waals surface area contributed by atoms with Crippen molar-refractivity contribution >= 4 is 11.6 Å². The van der Waals surface area contributed by atoms with E-state index in [1.807, 2.05) is 26.0 Å². The Morgan fingerprint density at radius 3 is 2.29 bits per heavy atom. The molecule has 1 amide bonds. The number of carbonyl (C=O) groups is 1. The quantitative estimate of drug-likeness (QED) is 0.895. The zero-order valence-corrected chi connectivity index (χ0v) is 13.6. The zero-order valence-electron chi connectivity index (χ0n) is 13.6. The zero-order chi connectivity index (χ0) is 15.5. The summed E-state index contributed by atoms with van der Waals surface area (Å²) in [5.41, 5.74) is 1.67. The van der Waals surface area contributed by atoms with Crippen LogP contribution < -0.4 is 10.6 Å². The van der Waals surface area contributed by atoms with Crippen LogP contribution in [-0.4, -0.2) is 42.5 Å². The molecule has 2 N–H and O–H groups in total. The first-order chi connectivity index (χ1) is 9.91. The predicted molar refractivity (Wildman–Crippen MR) is 87.7 cm³/mol. The Kier molecular flexibility index (Phi) is 5.01. The Labute approximate surface area is 127 Å². The third kappa shape index (κ3) is 3.83. The summed E-state index contributed by atoms with van der Waals surface area (Å²) >= 11 is 0.